The van der Waals surface area contributed by atoms with Gasteiger partial charge in [0, 0.05) is 13.1 Å². The second kappa shape index (κ2) is 9.96. The van der Waals surface area contributed by atoms with Crippen LogP contribution in [0.1, 0.15) is 55.5 Å². The minimum Gasteiger partial charge on any atom is -0.485 e. The van der Waals surface area contributed by atoms with Crippen LogP contribution in [0, 0.1) is 13.8 Å². The highest BCUT2D eigenvalue weighted by molar-refractivity contribution is 7.99. The van der Waals surface area contributed by atoms with Gasteiger partial charge in [-0.2, -0.15) is 0 Å². The summed E-state index contributed by atoms with van der Waals surface area (Å²) < 4.78 is 7.79. The highest BCUT2D eigenvalue weighted by Gasteiger charge is 2.16. The number of carbonyl (C=O) groups is 1. The van der Waals surface area contributed by atoms with Crippen molar-refractivity contribution in [3.8, 4) is 5.75 Å². The molecular formula is C21H30N4O2S. The van der Waals surface area contributed by atoms with Gasteiger partial charge in [0.2, 0.25) is 5.91 Å². The summed E-state index contributed by atoms with van der Waals surface area (Å²) in [7, 11) is 1.91. The van der Waals surface area contributed by atoms with Crippen LogP contribution < -0.4 is 10.1 Å². The largest absolute Gasteiger partial charge is 0.485 e. The lowest BCUT2D eigenvalue weighted by Gasteiger charge is -2.15. The van der Waals surface area contributed by atoms with Gasteiger partial charge in [-0.25, -0.2) is 0 Å². The smallest absolute Gasteiger partial charge is 0.230 e. The maximum atomic E-state index is 12.3. The maximum Gasteiger partial charge on any atom is 0.230 e. The fraction of sp³-hybridized carbons (Fsp3) is 0.571. The molecule has 7 heteroatoms. The summed E-state index contributed by atoms with van der Waals surface area (Å²) in [6, 6.07) is 6.44. The van der Waals surface area contributed by atoms with Crippen molar-refractivity contribution >= 4 is 17.7 Å². The Morgan fingerprint density at radius 1 is 1.21 bits per heavy atom. The van der Waals surface area contributed by atoms with Crippen LogP contribution in [0.3, 0.4) is 0 Å². The third-order valence-electron chi connectivity index (χ3n) is 5.16. The Balaban J connectivity index is 1.49. The number of amides is 1. The van der Waals surface area contributed by atoms with E-state index in [4.69, 9.17) is 4.74 Å². The molecule has 6 nitrogen and oxygen atoms in total. The van der Waals surface area contributed by atoms with Crippen molar-refractivity contribution in [3.05, 3.63) is 35.2 Å². The summed E-state index contributed by atoms with van der Waals surface area (Å²) in [5.41, 5.74) is 2.32. The molecule has 28 heavy (non-hydrogen) atoms. The Morgan fingerprint density at radius 3 is 2.68 bits per heavy atom. The molecule has 1 amide bonds. The number of hydrogen-bond donors (Lipinski definition) is 1. The van der Waals surface area contributed by atoms with Crippen molar-refractivity contribution in [3.63, 3.8) is 0 Å². The minimum absolute atomic E-state index is 0.0768. The molecule has 2 aromatic rings. The Kier molecular flexibility index (Phi) is 7.36. The van der Waals surface area contributed by atoms with E-state index in [0.29, 0.717) is 18.4 Å². The molecule has 0 unspecified atom stereocenters. The summed E-state index contributed by atoms with van der Waals surface area (Å²) in [4.78, 5) is 12.3. The van der Waals surface area contributed by atoms with Crippen LogP contribution in [0.5, 0.6) is 5.75 Å². The van der Waals surface area contributed by atoms with E-state index in [2.05, 4.69) is 28.5 Å². The van der Waals surface area contributed by atoms with Gasteiger partial charge in [0.25, 0.3) is 0 Å². The molecule has 1 aromatic carbocycles. The lowest BCUT2D eigenvalue weighted by atomic mass is 10.1. The number of hydrogen-bond acceptors (Lipinski definition) is 5. The van der Waals surface area contributed by atoms with Crippen molar-refractivity contribution in [1.82, 2.24) is 20.1 Å². The lowest BCUT2D eigenvalue weighted by molar-refractivity contribution is -0.119. The predicted octanol–water partition coefficient (Wildman–Crippen LogP) is 3.94. The molecule has 1 saturated carbocycles. The molecule has 1 aliphatic rings. The number of benzene rings is 1. The monoisotopic (exact) mass is 402 g/mol. The van der Waals surface area contributed by atoms with Gasteiger partial charge in [-0.1, -0.05) is 55.1 Å². The second-order valence-electron chi connectivity index (χ2n) is 7.56. The normalized spacial score (nSPS) is 15.2. The number of aromatic nitrogens is 3. The van der Waals surface area contributed by atoms with Gasteiger partial charge in [0.15, 0.2) is 11.0 Å². The highest BCUT2D eigenvalue weighted by Crippen LogP contribution is 2.21. The SMILES string of the molecule is Cc1ccc(OCc2nnc(SCC(=O)NC3CCCCCC3)n2C)c(C)c1. The minimum atomic E-state index is 0.0768. The van der Waals surface area contributed by atoms with E-state index in [-0.39, 0.29) is 5.91 Å². The van der Waals surface area contributed by atoms with E-state index >= 15 is 0 Å². The van der Waals surface area contributed by atoms with Crippen molar-refractivity contribution in [2.45, 2.75) is 70.2 Å². The average molecular weight is 403 g/mol. The molecule has 152 valence electrons. The summed E-state index contributed by atoms with van der Waals surface area (Å²) in [5, 5.41) is 12.3. The number of ether oxygens (including phenoxy) is 1. The van der Waals surface area contributed by atoms with Crippen LogP contribution in [0.4, 0.5) is 0 Å². The van der Waals surface area contributed by atoms with Crippen molar-refractivity contribution in [2.24, 2.45) is 7.05 Å². The molecule has 0 radical (unpaired) electrons. The Morgan fingerprint density at radius 2 is 1.96 bits per heavy atom. The van der Waals surface area contributed by atoms with E-state index in [0.717, 1.165) is 35.1 Å². The second-order valence-corrected chi connectivity index (χ2v) is 8.50. The molecule has 0 aliphatic heterocycles. The van der Waals surface area contributed by atoms with Crippen LogP contribution in [-0.4, -0.2) is 32.5 Å². The van der Waals surface area contributed by atoms with Gasteiger partial charge >= 0.3 is 0 Å². The molecule has 1 fully saturated rings. The molecule has 0 spiro atoms. The van der Waals surface area contributed by atoms with E-state index in [9.17, 15) is 4.79 Å². The van der Waals surface area contributed by atoms with Gasteiger partial charge in [0.1, 0.15) is 12.4 Å². The van der Waals surface area contributed by atoms with Gasteiger partial charge in [-0.05, 0) is 38.3 Å². The first-order valence-corrected chi connectivity index (χ1v) is 11.0. The number of nitrogens with zero attached hydrogens (tertiary/aromatic N) is 3. The van der Waals surface area contributed by atoms with Crippen molar-refractivity contribution < 1.29 is 9.53 Å². The topological polar surface area (TPSA) is 69.0 Å². The van der Waals surface area contributed by atoms with E-state index in [1.165, 1.54) is 43.0 Å². The zero-order chi connectivity index (χ0) is 19.9. The maximum absolute atomic E-state index is 12.3. The first-order chi connectivity index (χ1) is 13.5. The number of nitrogens with one attached hydrogen (secondary N) is 1. The summed E-state index contributed by atoms with van der Waals surface area (Å²) >= 11 is 1.42. The molecule has 3 rings (SSSR count). The molecule has 1 aromatic heterocycles. The van der Waals surface area contributed by atoms with Crippen LogP contribution in [0.2, 0.25) is 0 Å². The van der Waals surface area contributed by atoms with Gasteiger partial charge < -0.3 is 14.6 Å². The number of rotatable bonds is 7. The molecule has 1 N–H and O–H groups in total. The summed E-state index contributed by atoms with van der Waals surface area (Å²) in [6.07, 6.45) is 7.19. The number of thioether (sulfide) groups is 1. The van der Waals surface area contributed by atoms with Crippen LogP contribution in [0.15, 0.2) is 23.4 Å². The molecular weight excluding hydrogens is 372 g/mol. The first kappa shape index (κ1) is 20.7. The first-order valence-electron chi connectivity index (χ1n) is 10.0. The van der Waals surface area contributed by atoms with Crippen molar-refractivity contribution in [2.75, 3.05) is 5.75 Å². The van der Waals surface area contributed by atoms with Gasteiger partial charge in [-0.15, -0.1) is 10.2 Å². The molecule has 0 atom stereocenters. The standard InChI is InChI=1S/C21H30N4O2S/c1-15-10-11-18(16(2)12-15)27-13-19-23-24-21(25(19)3)28-14-20(26)22-17-8-6-4-5-7-9-17/h10-12,17H,4-9,13-14H2,1-3H3,(H,22,26). The fourth-order valence-electron chi connectivity index (χ4n) is 3.52. The summed E-state index contributed by atoms with van der Waals surface area (Å²) in [5.74, 6) is 2.03. The lowest BCUT2D eigenvalue weighted by Crippen LogP contribution is -2.35. The zero-order valence-corrected chi connectivity index (χ0v) is 17.8. The molecule has 1 heterocycles. The molecule has 0 bridgehead atoms. The molecule has 0 saturated heterocycles. The third-order valence-corrected chi connectivity index (χ3v) is 6.19. The van der Waals surface area contributed by atoms with Crippen LogP contribution in [-0.2, 0) is 18.4 Å². The Bertz CT molecular complexity index is 798. The Labute approximate surface area is 171 Å². The number of carbonyl (C=O) groups excluding carboxylic acids is 1. The third kappa shape index (κ3) is 5.74. The van der Waals surface area contributed by atoms with Gasteiger partial charge in [0.05, 0.1) is 5.75 Å². The van der Waals surface area contributed by atoms with E-state index < -0.39 is 0 Å². The fourth-order valence-corrected chi connectivity index (χ4v) is 4.26. The predicted molar refractivity (Wildman–Crippen MR) is 112 cm³/mol. The van der Waals surface area contributed by atoms with Crippen LogP contribution in [0.25, 0.3) is 0 Å². The molecule has 1 aliphatic carbocycles. The summed E-state index contributed by atoms with van der Waals surface area (Å²) in [6.45, 7) is 4.45. The van der Waals surface area contributed by atoms with Crippen molar-refractivity contribution in [1.29, 1.82) is 0 Å². The zero-order valence-electron chi connectivity index (χ0n) is 17.0. The number of aryl methyl sites for hydroxylation is 2. The van der Waals surface area contributed by atoms with Gasteiger partial charge in [-0.3, -0.25) is 4.79 Å². The highest BCUT2D eigenvalue weighted by atomic mass is 32.2. The van der Waals surface area contributed by atoms with E-state index in [1.807, 2.05) is 30.7 Å². The average Bonchev–Trinajstić information content (AvgIpc) is 2.84. The Hall–Kier alpha value is -2.02. The van der Waals surface area contributed by atoms with E-state index in [1.54, 1.807) is 0 Å². The quantitative estimate of drug-likeness (QED) is 0.561. The van der Waals surface area contributed by atoms with Crippen LogP contribution >= 0.6 is 11.8 Å².